The normalized spacial score (nSPS) is 18.8. The molecule has 0 saturated carbocycles. The van der Waals surface area contributed by atoms with Crippen LogP contribution in [0, 0.1) is 17.8 Å². The van der Waals surface area contributed by atoms with E-state index in [0.717, 1.165) is 0 Å². The van der Waals surface area contributed by atoms with Crippen molar-refractivity contribution < 1.29 is 0 Å². The Morgan fingerprint density at radius 2 is 1.69 bits per heavy atom. The average Bonchev–Trinajstić information content (AvgIpc) is 2.24. The molecule has 3 unspecified atom stereocenters. The van der Waals surface area contributed by atoms with E-state index < -0.39 is 0 Å². The summed E-state index contributed by atoms with van der Waals surface area (Å²) in [6, 6.07) is 0.345. The smallest absolute Gasteiger partial charge is 0.0530 e. The molecule has 0 N–H and O–H groups in total. The van der Waals surface area contributed by atoms with Crippen LogP contribution in [0.2, 0.25) is 0 Å². The molecule has 0 aromatic heterocycles. The molecule has 0 spiro atoms. The Hall–Kier alpha value is -0.850. The van der Waals surface area contributed by atoms with E-state index in [1.165, 1.54) is 5.57 Å². The predicted molar refractivity (Wildman–Crippen MR) is 75.1 cm³/mol. The maximum atomic E-state index is 4.65. The van der Waals surface area contributed by atoms with Gasteiger partial charge in [-0.1, -0.05) is 52.0 Å². The lowest BCUT2D eigenvalue weighted by molar-refractivity contribution is 0.522. The maximum Gasteiger partial charge on any atom is 0.0530 e. The Morgan fingerprint density at radius 3 is 2.12 bits per heavy atom. The van der Waals surface area contributed by atoms with Crippen molar-refractivity contribution in [1.82, 2.24) is 0 Å². The van der Waals surface area contributed by atoms with Gasteiger partial charge in [0, 0.05) is 6.21 Å². The van der Waals surface area contributed by atoms with Gasteiger partial charge in [0.1, 0.15) is 0 Å². The molecule has 0 saturated heterocycles. The molecule has 1 heteroatoms. The molecule has 0 amide bonds. The fraction of sp³-hybridized carbons (Fsp3) is 0.667. The molecule has 3 atom stereocenters. The van der Waals surface area contributed by atoms with Crippen molar-refractivity contribution in [2.24, 2.45) is 22.7 Å². The van der Waals surface area contributed by atoms with Crippen molar-refractivity contribution in [3.05, 3.63) is 24.3 Å². The molecule has 0 radical (unpaired) electrons. The SMILES string of the molecule is C=C/C=C(\C)C(C)C(C)N=CC(C)C(C)C. The van der Waals surface area contributed by atoms with E-state index in [1.807, 2.05) is 6.08 Å². The van der Waals surface area contributed by atoms with E-state index in [9.17, 15) is 0 Å². The topological polar surface area (TPSA) is 12.4 Å². The van der Waals surface area contributed by atoms with Crippen LogP contribution in [-0.4, -0.2) is 12.3 Å². The molecule has 0 aliphatic heterocycles. The molecule has 0 aliphatic rings. The van der Waals surface area contributed by atoms with Gasteiger partial charge in [-0.25, -0.2) is 0 Å². The second-order valence-corrected chi connectivity index (χ2v) is 5.08. The summed E-state index contributed by atoms with van der Waals surface area (Å²) in [5, 5.41) is 0. The third-order valence-corrected chi connectivity index (χ3v) is 3.43. The zero-order valence-electron chi connectivity index (χ0n) is 11.7. The standard InChI is InChI=1S/C15H27N/c1-8-9-12(4)14(6)15(7)16-10-13(5)11(2)3/h8-11,13-15H,1H2,2-7H3/b12-9+,16-10?. The van der Waals surface area contributed by atoms with Crippen LogP contribution in [0.4, 0.5) is 0 Å². The Labute approximate surface area is 101 Å². The second-order valence-electron chi connectivity index (χ2n) is 5.08. The fourth-order valence-corrected chi connectivity index (χ4v) is 1.29. The Morgan fingerprint density at radius 1 is 1.12 bits per heavy atom. The van der Waals surface area contributed by atoms with E-state index in [4.69, 9.17) is 0 Å². The van der Waals surface area contributed by atoms with Gasteiger partial charge in [-0.15, -0.1) is 0 Å². The summed E-state index contributed by atoms with van der Waals surface area (Å²) in [5.74, 6) is 1.70. The van der Waals surface area contributed by atoms with E-state index in [1.54, 1.807) is 0 Å². The number of aliphatic imine (C=N–C) groups is 1. The fourth-order valence-electron chi connectivity index (χ4n) is 1.29. The van der Waals surface area contributed by atoms with Gasteiger partial charge in [0.2, 0.25) is 0 Å². The number of nitrogens with zero attached hydrogens (tertiary/aromatic N) is 1. The van der Waals surface area contributed by atoms with Crippen molar-refractivity contribution >= 4 is 6.21 Å². The zero-order valence-corrected chi connectivity index (χ0v) is 11.7. The number of hydrogen-bond donors (Lipinski definition) is 0. The van der Waals surface area contributed by atoms with Gasteiger partial charge in [0.25, 0.3) is 0 Å². The lowest BCUT2D eigenvalue weighted by Gasteiger charge is -2.18. The molecule has 0 aromatic rings. The third-order valence-electron chi connectivity index (χ3n) is 3.43. The molecule has 0 bridgehead atoms. The highest BCUT2D eigenvalue weighted by molar-refractivity contribution is 5.60. The van der Waals surface area contributed by atoms with Gasteiger partial charge >= 0.3 is 0 Å². The number of allylic oxidation sites excluding steroid dienone is 2. The molecular weight excluding hydrogens is 194 g/mol. The first-order valence-corrected chi connectivity index (χ1v) is 6.22. The van der Waals surface area contributed by atoms with Crippen molar-refractivity contribution in [2.75, 3.05) is 0 Å². The quantitative estimate of drug-likeness (QED) is 0.462. The van der Waals surface area contributed by atoms with Crippen LogP contribution in [0.1, 0.15) is 41.5 Å². The van der Waals surface area contributed by atoms with Crippen LogP contribution in [0.5, 0.6) is 0 Å². The van der Waals surface area contributed by atoms with Gasteiger partial charge in [-0.05, 0) is 31.6 Å². The minimum Gasteiger partial charge on any atom is -0.294 e. The highest BCUT2D eigenvalue weighted by Gasteiger charge is 2.12. The van der Waals surface area contributed by atoms with Gasteiger partial charge in [-0.3, -0.25) is 4.99 Å². The number of hydrogen-bond acceptors (Lipinski definition) is 1. The van der Waals surface area contributed by atoms with Gasteiger partial charge in [0.05, 0.1) is 6.04 Å². The summed E-state index contributed by atoms with van der Waals surface area (Å²) in [6.07, 6.45) is 6.02. The Kier molecular flexibility index (Phi) is 7.03. The highest BCUT2D eigenvalue weighted by Crippen LogP contribution is 2.17. The molecule has 0 aliphatic carbocycles. The van der Waals surface area contributed by atoms with Crippen molar-refractivity contribution in [3.63, 3.8) is 0 Å². The second kappa shape index (κ2) is 7.43. The largest absolute Gasteiger partial charge is 0.294 e. The first-order chi connectivity index (χ1) is 7.40. The van der Waals surface area contributed by atoms with Crippen LogP contribution < -0.4 is 0 Å². The van der Waals surface area contributed by atoms with Gasteiger partial charge in [0.15, 0.2) is 0 Å². The molecule has 0 aromatic carbocycles. The summed E-state index contributed by atoms with van der Waals surface area (Å²) in [4.78, 5) is 4.65. The molecule has 1 nitrogen and oxygen atoms in total. The van der Waals surface area contributed by atoms with Crippen LogP contribution in [0.25, 0.3) is 0 Å². The molecule has 0 heterocycles. The number of rotatable bonds is 6. The van der Waals surface area contributed by atoms with Gasteiger partial charge in [-0.2, -0.15) is 0 Å². The molecule has 92 valence electrons. The van der Waals surface area contributed by atoms with Crippen LogP contribution in [0.3, 0.4) is 0 Å². The van der Waals surface area contributed by atoms with Crippen LogP contribution in [0.15, 0.2) is 29.3 Å². The van der Waals surface area contributed by atoms with Gasteiger partial charge < -0.3 is 0 Å². The monoisotopic (exact) mass is 221 g/mol. The lowest BCUT2D eigenvalue weighted by Crippen LogP contribution is -2.15. The molecular formula is C15H27N. The minimum atomic E-state index is 0.345. The Balaban J connectivity index is 4.40. The average molecular weight is 221 g/mol. The van der Waals surface area contributed by atoms with E-state index in [-0.39, 0.29) is 0 Å². The third kappa shape index (κ3) is 5.29. The summed E-state index contributed by atoms with van der Waals surface area (Å²) >= 11 is 0. The minimum absolute atomic E-state index is 0.345. The molecule has 0 rings (SSSR count). The van der Waals surface area contributed by atoms with E-state index in [0.29, 0.717) is 23.8 Å². The summed E-state index contributed by atoms with van der Waals surface area (Å²) in [6.45, 7) is 16.9. The first-order valence-electron chi connectivity index (χ1n) is 6.22. The first kappa shape index (κ1) is 15.2. The predicted octanol–water partition coefficient (Wildman–Crippen LogP) is 4.51. The van der Waals surface area contributed by atoms with E-state index in [2.05, 4.69) is 65.4 Å². The molecule has 0 fully saturated rings. The lowest BCUT2D eigenvalue weighted by atomic mass is 9.94. The van der Waals surface area contributed by atoms with Crippen LogP contribution in [-0.2, 0) is 0 Å². The maximum absolute atomic E-state index is 4.65. The summed E-state index contributed by atoms with van der Waals surface area (Å²) in [5.41, 5.74) is 1.34. The zero-order chi connectivity index (χ0) is 12.7. The van der Waals surface area contributed by atoms with Crippen molar-refractivity contribution in [3.8, 4) is 0 Å². The molecule has 16 heavy (non-hydrogen) atoms. The Bertz CT molecular complexity index is 261. The van der Waals surface area contributed by atoms with Crippen molar-refractivity contribution in [2.45, 2.75) is 47.6 Å². The highest BCUT2D eigenvalue weighted by atomic mass is 14.8. The van der Waals surface area contributed by atoms with Crippen molar-refractivity contribution in [1.29, 1.82) is 0 Å². The summed E-state index contributed by atoms with van der Waals surface area (Å²) < 4.78 is 0. The van der Waals surface area contributed by atoms with Crippen LogP contribution >= 0.6 is 0 Å². The summed E-state index contributed by atoms with van der Waals surface area (Å²) in [7, 11) is 0. The van der Waals surface area contributed by atoms with E-state index >= 15 is 0 Å².